The second-order valence-electron chi connectivity index (χ2n) is 1.92. The largest absolute Gasteiger partial charge is 0.481 e. The van der Waals surface area contributed by atoms with Gasteiger partial charge >= 0.3 is 5.97 Å². The van der Waals surface area contributed by atoms with E-state index in [2.05, 4.69) is 38.5 Å². The minimum Gasteiger partial charge on any atom is -0.481 e. The van der Waals surface area contributed by atoms with Crippen LogP contribution in [0.1, 0.15) is 5.56 Å². The van der Waals surface area contributed by atoms with Crippen LogP contribution in [0.4, 0.5) is 0 Å². The van der Waals surface area contributed by atoms with Gasteiger partial charge in [-0.2, -0.15) is 0 Å². The fourth-order valence-corrected chi connectivity index (χ4v) is 4.01. The van der Waals surface area contributed by atoms with E-state index in [0.29, 0.717) is 0 Å². The summed E-state index contributed by atoms with van der Waals surface area (Å²) in [6, 6.07) is 1.88. The van der Waals surface area contributed by atoms with Crippen molar-refractivity contribution in [3.8, 4) is 0 Å². The predicted molar refractivity (Wildman–Crippen MR) is 56.1 cm³/mol. The summed E-state index contributed by atoms with van der Waals surface area (Å²) in [6.07, 6.45) is 0.0973. The first kappa shape index (κ1) is 9.47. The number of carboxylic acids is 1. The lowest BCUT2D eigenvalue weighted by Gasteiger charge is -1.89. The van der Waals surface area contributed by atoms with Crippen LogP contribution in [-0.4, -0.2) is 11.1 Å². The summed E-state index contributed by atoms with van der Waals surface area (Å²) in [7, 11) is 0. The fraction of sp³-hybridized carbons (Fsp3) is 0.167. The van der Waals surface area contributed by atoms with E-state index in [1.807, 2.05) is 6.07 Å². The molecular formula is C6H4BrIO2S. The zero-order valence-corrected chi connectivity index (χ0v) is 9.86. The van der Waals surface area contributed by atoms with E-state index in [9.17, 15) is 4.79 Å². The molecule has 0 amide bonds. The first-order valence-electron chi connectivity index (χ1n) is 2.75. The molecule has 1 aromatic heterocycles. The Kier molecular flexibility index (Phi) is 3.32. The monoisotopic (exact) mass is 346 g/mol. The van der Waals surface area contributed by atoms with E-state index >= 15 is 0 Å². The normalized spacial score (nSPS) is 10.0. The highest BCUT2D eigenvalue weighted by Crippen LogP contribution is 2.29. The van der Waals surface area contributed by atoms with Gasteiger partial charge in [-0.15, -0.1) is 11.3 Å². The van der Waals surface area contributed by atoms with Gasteiger partial charge in [-0.3, -0.25) is 4.79 Å². The van der Waals surface area contributed by atoms with Crippen molar-refractivity contribution in [1.82, 2.24) is 0 Å². The van der Waals surface area contributed by atoms with Gasteiger partial charge in [-0.1, -0.05) is 0 Å². The average molecular weight is 347 g/mol. The van der Waals surface area contributed by atoms with Crippen molar-refractivity contribution in [3.05, 3.63) is 18.3 Å². The standard InChI is InChI=1S/C6H4BrIO2S/c7-6-3(2-5(9)10)1-4(8)11-6/h1H,2H2,(H,9,10). The van der Waals surface area contributed by atoms with Crippen molar-refractivity contribution in [3.63, 3.8) is 0 Å². The third-order valence-electron chi connectivity index (χ3n) is 1.07. The lowest BCUT2D eigenvalue weighted by Crippen LogP contribution is -1.98. The Bertz CT molecular complexity index is 284. The summed E-state index contributed by atoms with van der Waals surface area (Å²) in [4.78, 5) is 10.3. The van der Waals surface area contributed by atoms with Crippen LogP contribution in [0.3, 0.4) is 0 Å². The number of thiophene rings is 1. The molecule has 1 aromatic rings. The molecule has 11 heavy (non-hydrogen) atoms. The molecule has 0 unspecified atom stereocenters. The number of hydrogen-bond donors (Lipinski definition) is 1. The molecule has 60 valence electrons. The molecule has 1 N–H and O–H groups in total. The van der Waals surface area contributed by atoms with Gasteiger partial charge in [-0.25, -0.2) is 0 Å². The van der Waals surface area contributed by atoms with E-state index in [4.69, 9.17) is 5.11 Å². The second kappa shape index (κ2) is 3.86. The van der Waals surface area contributed by atoms with E-state index in [0.717, 1.165) is 12.2 Å². The van der Waals surface area contributed by atoms with Gasteiger partial charge in [0.1, 0.15) is 0 Å². The smallest absolute Gasteiger partial charge is 0.307 e. The molecule has 0 bridgehead atoms. The highest BCUT2D eigenvalue weighted by Gasteiger charge is 2.07. The molecular weight excluding hydrogens is 343 g/mol. The van der Waals surface area contributed by atoms with Crippen LogP contribution in [0.25, 0.3) is 0 Å². The molecule has 0 aromatic carbocycles. The quantitative estimate of drug-likeness (QED) is 0.836. The zero-order valence-electron chi connectivity index (χ0n) is 5.30. The van der Waals surface area contributed by atoms with E-state index in [-0.39, 0.29) is 6.42 Å². The molecule has 0 fully saturated rings. The van der Waals surface area contributed by atoms with Crippen LogP contribution in [0.5, 0.6) is 0 Å². The Hall–Kier alpha value is 0.380. The van der Waals surface area contributed by atoms with Crippen molar-refractivity contribution >= 4 is 55.8 Å². The van der Waals surface area contributed by atoms with Gasteiger partial charge in [0.25, 0.3) is 0 Å². The molecule has 1 heterocycles. The van der Waals surface area contributed by atoms with Crippen LogP contribution in [0.2, 0.25) is 0 Å². The molecule has 5 heteroatoms. The summed E-state index contributed by atoms with van der Waals surface area (Å²) in [5.41, 5.74) is 0.854. The summed E-state index contributed by atoms with van der Waals surface area (Å²) in [5.74, 6) is -0.792. The first-order chi connectivity index (χ1) is 5.09. The first-order valence-corrected chi connectivity index (χ1v) is 5.44. The van der Waals surface area contributed by atoms with Gasteiger partial charge in [-0.05, 0) is 50.2 Å². The SMILES string of the molecule is O=C(O)Cc1cc(I)sc1Br. The van der Waals surface area contributed by atoms with Crippen molar-refractivity contribution in [2.75, 3.05) is 0 Å². The highest BCUT2D eigenvalue weighted by atomic mass is 127. The average Bonchev–Trinajstić information content (AvgIpc) is 2.09. The zero-order chi connectivity index (χ0) is 8.43. The lowest BCUT2D eigenvalue weighted by atomic mass is 10.2. The van der Waals surface area contributed by atoms with Gasteiger partial charge < -0.3 is 5.11 Å². The number of rotatable bonds is 2. The van der Waals surface area contributed by atoms with E-state index < -0.39 is 5.97 Å². The van der Waals surface area contributed by atoms with Gasteiger partial charge in [0.15, 0.2) is 0 Å². The summed E-state index contributed by atoms with van der Waals surface area (Å²) >= 11 is 7.02. The molecule has 0 aliphatic heterocycles. The molecule has 0 aliphatic rings. The molecule has 0 aliphatic carbocycles. The fourth-order valence-electron chi connectivity index (χ4n) is 0.658. The van der Waals surface area contributed by atoms with Gasteiger partial charge in [0, 0.05) is 0 Å². The van der Waals surface area contributed by atoms with Crippen molar-refractivity contribution in [2.24, 2.45) is 0 Å². The molecule has 0 radical (unpaired) electrons. The topological polar surface area (TPSA) is 37.3 Å². The molecule has 0 spiro atoms. The maximum atomic E-state index is 10.3. The van der Waals surface area contributed by atoms with Gasteiger partial charge in [0.05, 0.1) is 13.1 Å². The Balaban J connectivity index is 2.85. The molecule has 0 saturated heterocycles. The van der Waals surface area contributed by atoms with Crippen molar-refractivity contribution in [2.45, 2.75) is 6.42 Å². The molecule has 0 saturated carbocycles. The summed E-state index contributed by atoms with van der Waals surface area (Å²) < 4.78 is 2.02. The molecule has 1 rings (SSSR count). The minimum atomic E-state index is -0.792. The Morgan fingerprint density at radius 2 is 2.45 bits per heavy atom. The Morgan fingerprint density at radius 1 is 1.82 bits per heavy atom. The highest BCUT2D eigenvalue weighted by molar-refractivity contribution is 14.1. The van der Waals surface area contributed by atoms with Crippen LogP contribution in [0, 0.1) is 2.88 Å². The summed E-state index contributed by atoms with van der Waals surface area (Å²) in [5, 5.41) is 8.48. The predicted octanol–water partition coefficient (Wildman–Crippen LogP) is 2.74. The maximum Gasteiger partial charge on any atom is 0.307 e. The minimum absolute atomic E-state index is 0.0973. The van der Waals surface area contributed by atoms with E-state index in [1.165, 1.54) is 0 Å². The van der Waals surface area contributed by atoms with Crippen molar-refractivity contribution < 1.29 is 9.90 Å². The molecule has 0 atom stereocenters. The number of carbonyl (C=O) groups is 1. The lowest BCUT2D eigenvalue weighted by molar-refractivity contribution is -0.136. The Labute approximate surface area is 89.9 Å². The number of aliphatic carboxylic acids is 1. The number of hydrogen-bond acceptors (Lipinski definition) is 2. The molecule has 2 nitrogen and oxygen atoms in total. The van der Waals surface area contributed by atoms with E-state index in [1.54, 1.807) is 11.3 Å². The summed E-state index contributed by atoms with van der Waals surface area (Å²) in [6.45, 7) is 0. The number of halogens is 2. The van der Waals surface area contributed by atoms with Crippen molar-refractivity contribution in [1.29, 1.82) is 0 Å². The Morgan fingerprint density at radius 3 is 2.82 bits per heavy atom. The maximum absolute atomic E-state index is 10.3. The van der Waals surface area contributed by atoms with Crippen LogP contribution >= 0.6 is 49.9 Å². The van der Waals surface area contributed by atoms with Crippen LogP contribution in [-0.2, 0) is 11.2 Å². The third kappa shape index (κ3) is 2.72. The van der Waals surface area contributed by atoms with Crippen LogP contribution < -0.4 is 0 Å². The van der Waals surface area contributed by atoms with Gasteiger partial charge in [0.2, 0.25) is 0 Å². The second-order valence-corrected chi connectivity index (χ2v) is 6.18. The number of carboxylic acid groups (broad SMARTS) is 1. The van der Waals surface area contributed by atoms with Crippen LogP contribution in [0.15, 0.2) is 9.85 Å². The third-order valence-corrected chi connectivity index (χ3v) is 3.79.